The summed E-state index contributed by atoms with van der Waals surface area (Å²) in [4.78, 5) is 2.00. The molecule has 1 heterocycles. The average molecular weight is 272 g/mol. The van der Waals surface area contributed by atoms with E-state index in [1.54, 1.807) is 11.3 Å². The minimum absolute atomic E-state index is 0.0507. The maximum Gasteiger partial charge on any atom is 0.125 e. The molecule has 0 fully saturated rings. The molecule has 0 aliphatic heterocycles. The van der Waals surface area contributed by atoms with Crippen molar-refractivity contribution in [1.29, 1.82) is 5.26 Å². The minimum Gasteiger partial charge on any atom is -0.395 e. The molecule has 0 aliphatic rings. The van der Waals surface area contributed by atoms with Crippen LogP contribution in [0.1, 0.15) is 17.2 Å². The van der Waals surface area contributed by atoms with E-state index in [0.29, 0.717) is 13.1 Å². The molecule has 0 aliphatic carbocycles. The first-order valence-corrected chi connectivity index (χ1v) is 7.10. The lowest BCUT2D eigenvalue weighted by Gasteiger charge is -2.26. The number of rotatable bonds is 6. The van der Waals surface area contributed by atoms with Crippen LogP contribution in [0.25, 0.3) is 0 Å². The smallest absolute Gasteiger partial charge is 0.125 e. The average Bonchev–Trinajstić information content (AvgIpc) is 2.95. The topological polar surface area (TPSA) is 47.3 Å². The fraction of sp³-hybridized carbons (Fsp3) is 0.267. The molecule has 4 heteroatoms. The third-order valence-corrected chi connectivity index (χ3v) is 3.66. The van der Waals surface area contributed by atoms with Gasteiger partial charge in [-0.15, -0.1) is 0 Å². The summed E-state index contributed by atoms with van der Waals surface area (Å²) in [5.74, 6) is 0. The van der Waals surface area contributed by atoms with Crippen LogP contribution in [-0.4, -0.2) is 23.2 Å². The molecule has 0 saturated carbocycles. The van der Waals surface area contributed by atoms with E-state index in [4.69, 9.17) is 0 Å². The van der Waals surface area contributed by atoms with Gasteiger partial charge in [0.15, 0.2) is 0 Å². The summed E-state index contributed by atoms with van der Waals surface area (Å²) in [6, 6.07) is 14.0. The molecule has 1 atom stereocenters. The molecule has 1 aromatic carbocycles. The van der Waals surface area contributed by atoms with Crippen molar-refractivity contribution >= 4 is 11.3 Å². The van der Waals surface area contributed by atoms with Crippen LogP contribution in [0.2, 0.25) is 0 Å². The Morgan fingerprint density at radius 2 is 2.05 bits per heavy atom. The van der Waals surface area contributed by atoms with Gasteiger partial charge >= 0.3 is 0 Å². The molecule has 3 nitrogen and oxygen atoms in total. The van der Waals surface area contributed by atoms with E-state index in [1.807, 2.05) is 52.1 Å². The predicted octanol–water partition coefficient (Wildman–Crippen LogP) is 2.81. The van der Waals surface area contributed by atoms with Crippen molar-refractivity contribution in [3.05, 3.63) is 58.3 Å². The van der Waals surface area contributed by atoms with Crippen molar-refractivity contribution in [2.75, 3.05) is 13.2 Å². The fourth-order valence-electron chi connectivity index (χ4n) is 2.04. The maximum absolute atomic E-state index is 9.40. The van der Waals surface area contributed by atoms with Crippen molar-refractivity contribution in [2.45, 2.75) is 12.6 Å². The highest BCUT2D eigenvalue weighted by atomic mass is 32.1. The van der Waals surface area contributed by atoms with Gasteiger partial charge in [-0.3, -0.25) is 4.90 Å². The summed E-state index contributed by atoms with van der Waals surface area (Å²) >= 11 is 1.58. The fourth-order valence-corrected chi connectivity index (χ4v) is 2.72. The Hall–Kier alpha value is -1.67. The van der Waals surface area contributed by atoms with E-state index < -0.39 is 0 Å². The van der Waals surface area contributed by atoms with Crippen LogP contribution in [0.15, 0.2) is 47.2 Å². The second kappa shape index (κ2) is 7.05. The Bertz CT molecular complexity index is 519. The molecule has 0 spiro atoms. The van der Waals surface area contributed by atoms with Crippen molar-refractivity contribution in [1.82, 2.24) is 4.90 Å². The number of aliphatic hydroxyl groups excluding tert-OH is 1. The van der Waals surface area contributed by atoms with Gasteiger partial charge in [0.1, 0.15) is 6.04 Å². The summed E-state index contributed by atoms with van der Waals surface area (Å²) in [5.41, 5.74) is 2.14. The predicted molar refractivity (Wildman–Crippen MR) is 76.6 cm³/mol. The van der Waals surface area contributed by atoms with Gasteiger partial charge in [0.25, 0.3) is 0 Å². The quantitative estimate of drug-likeness (QED) is 0.879. The summed E-state index contributed by atoms with van der Waals surface area (Å²) < 4.78 is 0. The van der Waals surface area contributed by atoms with Gasteiger partial charge in [-0.25, -0.2) is 0 Å². The first-order chi connectivity index (χ1) is 9.35. The highest BCUT2D eigenvalue weighted by Gasteiger charge is 2.20. The van der Waals surface area contributed by atoms with Crippen LogP contribution < -0.4 is 0 Å². The lowest BCUT2D eigenvalue weighted by atomic mass is 10.1. The SMILES string of the molecule is N#CC(c1ccsc1)N(CCO)Cc1ccccc1. The van der Waals surface area contributed by atoms with Gasteiger partial charge < -0.3 is 5.11 Å². The van der Waals surface area contributed by atoms with Gasteiger partial charge in [-0.2, -0.15) is 16.6 Å². The highest BCUT2D eigenvalue weighted by Crippen LogP contribution is 2.23. The zero-order valence-electron chi connectivity index (χ0n) is 10.6. The normalized spacial score (nSPS) is 12.3. The number of aliphatic hydroxyl groups is 1. The molecule has 1 N–H and O–H groups in total. The number of nitriles is 1. The van der Waals surface area contributed by atoms with E-state index in [0.717, 1.165) is 11.1 Å². The molecular weight excluding hydrogens is 256 g/mol. The minimum atomic E-state index is -0.307. The molecule has 1 aromatic heterocycles. The van der Waals surface area contributed by atoms with Crippen molar-refractivity contribution in [3.63, 3.8) is 0 Å². The molecule has 1 unspecified atom stereocenters. The van der Waals surface area contributed by atoms with Crippen LogP contribution in [-0.2, 0) is 6.54 Å². The zero-order chi connectivity index (χ0) is 13.5. The number of benzene rings is 1. The molecule has 98 valence electrons. The van der Waals surface area contributed by atoms with Crippen LogP contribution in [0.5, 0.6) is 0 Å². The first-order valence-electron chi connectivity index (χ1n) is 6.15. The van der Waals surface area contributed by atoms with Crippen LogP contribution in [0, 0.1) is 11.3 Å². The monoisotopic (exact) mass is 272 g/mol. The van der Waals surface area contributed by atoms with Gasteiger partial charge in [-0.1, -0.05) is 30.3 Å². The molecule has 2 rings (SSSR count). The third kappa shape index (κ3) is 3.65. The van der Waals surface area contributed by atoms with E-state index in [1.165, 1.54) is 0 Å². The van der Waals surface area contributed by atoms with Crippen molar-refractivity contribution in [2.24, 2.45) is 0 Å². The van der Waals surface area contributed by atoms with Crippen LogP contribution in [0.4, 0.5) is 0 Å². The van der Waals surface area contributed by atoms with Crippen molar-refractivity contribution in [3.8, 4) is 6.07 Å². The third-order valence-electron chi connectivity index (χ3n) is 2.96. The number of nitrogens with zero attached hydrogens (tertiary/aromatic N) is 2. The summed E-state index contributed by atoms with van der Waals surface area (Å²) in [5, 5.41) is 22.6. The standard InChI is InChI=1S/C15H16N2OS/c16-10-15(14-6-9-19-12-14)17(7-8-18)11-13-4-2-1-3-5-13/h1-6,9,12,15,18H,7-8,11H2. The molecule has 19 heavy (non-hydrogen) atoms. The second-order valence-corrected chi connectivity index (χ2v) is 5.05. The molecule has 0 bridgehead atoms. The van der Waals surface area contributed by atoms with Crippen molar-refractivity contribution < 1.29 is 5.11 Å². The van der Waals surface area contributed by atoms with E-state index in [2.05, 4.69) is 6.07 Å². The van der Waals surface area contributed by atoms with Crippen LogP contribution in [0.3, 0.4) is 0 Å². The number of thiophene rings is 1. The first kappa shape index (κ1) is 13.8. The summed E-state index contributed by atoms with van der Waals surface area (Å²) in [6.07, 6.45) is 0. The second-order valence-electron chi connectivity index (χ2n) is 4.27. The van der Waals surface area contributed by atoms with E-state index in [9.17, 15) is 10.4 Å². The summed E-state index contributed by atoms with van der Waals surface area (Å²) in [7, 11) is 0. The van der Waals surface area contributed by atoms with Gasteiger partial charge in [-0.05, 0) is 28.0 Å². The molecule has 0 saturated heterocycles. The number of hydrogen-bond donors (Lipinski definition) is 1. The Labute approximate surface area is 117 Å². The lowest BCUT2D eigenvalue weighted by Crippen LogP contribution is -2.30. The van der Waals surface area contributed by atoms with Crippen LogP contribution >= 0.6 is 11.3 Å². The highest BCUT2D eigenvalue weighted by molar-refractivity contribution is 7.08. The molecular formula is C15H16N2OS. The van der Waals surface area contributed by atoms with Gasteiger partial charge in [0, 0.05) is 13.1 Å². The Morgan fingerprint density at radius 1 is 1.26 bits per heavy atom. The zero-order valence-corrected chi connectivity index (χ0v) is 11.4. The largest absolute Gasteiger partial charge is 0.395 e. The Kier molecular flexibility index (Phi) is 5.10. The Morgan fingerprint density at radius 3 is 2.63 bits per heavy atom. The number of hydrogen-bond acceptors (Lipinski definition) is 4. The molecule has 0 radical (unpaired) electrons. The van der Waals surface area contributed by atoms with Gasteiger partial charge in [0.2, 0.25) is 0 Å². The van der Waals surface area contributed by atoms with E-state index >= 15 is 0 Å². The maximum atomic E-state index is 9.40. The molecule has 2 aromatic rings. The Balaban J connectivity index is 2.17. The molecule has 0 amide bonds. The summed E-state index contributed by atoms with van der Waals surface area (Å²) in [6.45, 7) is 1.20. The lowest BCUT2D eigenvalue weighted by molar-refractivity contribution is 0.167. The van der Waals surface area contributed by atoms with Gasteiger partial charge in [0.05, 0.1) is 12.7 Å². The van der Waals surface area contributed by atoms with E-state index in [-0.39, 0.29) is 12.6 Å².